The molecule has 5 heteroatoms. The fraction of sp³-hybridized carbons (Fsp3) is 0.310. The fourth-order valence-electron chi connectivity index (χ4n) is 3.96. The maximum Gasteiger partial charge on any atom is 0.130 e. The van der Waals surface area contributed by atoms with Gasteiger partial charge in [-0.3, -0.25) is 0 Å². The summed E-state index contributed by atoms with van der Waals surface area (Å²) in [6.07, 6.45) is 1.83. The molecule has 180 valence electrons. The van der Waals surface area contributed by atoms with Crippen LogP contribution >= 0.6 is 0 Å². The van der Waals surface area contributed by atoms with E-state index in [1.165, 1.54) is 16.7 Å². The van der Waals surface area contributed by atoms with Crippen molar-refractivity contribution in [3.05, 3.63) is 90.0 Å². The zero-order chi connectivity index (χ0) is 24.5. The number of methoxy groups -OCH3 is 2. The number of benzene rings is 3. The third kappa shape index (κ3) is 5.99. The average Bonchev–Trinajstić information content (AvgIpc) is 2.88. The van der Waals surface area contributed by atoms with Crippen LogP contribution < -0.4 is 19.5 Å². The largest absolute Gasteiger partial charge is 0.496 e. The van der Waals surface area contributed by atoms with E-state index in [9.17, 15) is 5.11 Å². The molecular weight excluding hydrogens is 426 g/mol. The lowest BCUT2D eigenvalue weighted by Crippen LogP contribution is -2.37. The van der Waals surface area contributed by atoms with Gasteiger partial charge in [-0.05, 0) is 35.1 Å². The Morgan fingerprint density at radius 3 is 2.26 bits per heavy atom. The first kappa shape index (κ1) is 25.3. The van der Waals surface area contributed by atoms with Crippen LogP contribution in [0.4, 0.5) is 0 Å². The first-order valence-corrected chi connectivity index (χ1v) is 11.5. The minimum atomic E-state index is -0.109. The van der Waals surface area contributed by atoms with Gasteiger partial charge in [-0.15, -0.1) is 6.58 Å². The third-order valence-electron chi connectivity index (χ3n) is 6.25. The van der Waals surface area contributed by atoms with E-state index in [-0.39, 0.29) is 18.6 Å². The molecule has 5 nitrogen and oxygen atoms in total. The molecule has 0 aliphatic heterocycles. The number of aliphatic hydroxyl groups excluding tert-OH is 1. The maximum absolute atomic E-state index is 9.70. The highest BCUT2D eigenvalue weighted by atomic mass is 16.5. The van der Waals surface area contributed by atoms with Crippen molar-refractivity contribution in [1.82, 2.24) is 5.32 Å². The monoisotopic (exact) mass is 461 g/mol. The van der Waals surface area contributed by atoms with Crippen molar-refractivity contribution < 1.29 is 19.3 Å². The molecule has 2 atom stereocenters. The Kier molecular flexibility index (Phi) is 9.14. The second kappa shape index (κ2) is 12.3. The summed E-state index contributed by atoms with van der Waals surface area (Å²) in [6.45, 7) is 8.88. The molecule has 3 aromatic carbocycles. The Bertz CT molecular complexity index is 1060. The first-order valence-electron chi connectivity index (χ1n) is 11.5. The van der Waals surface area contributed by atoms with E-state index in [0.29, 0.717) is 30.4 Å². The van der Waals surface area contributed by atoms with Crippen molar-refractivity contribution in [3.8, 4) is 28.4 Å². The van der Waals surface area contributed by atoms with Gasteiger partial charge in [-0.25, -0.2) is 0 Å². The van der Waals surface area contributed by atoms with Gasteiger partial charge in [0.15, 0.2) is 0 Å². The van der Waals surface area contributed by atoms with Crippen molar-refractivity contribution in [3.63, 3.8) is 0 Å². The van der Waals surface area contributed by atoms with Crippen LogP contribution in [0.5, 0.6) is 17.2 Å². The Morgan fingerprint density at radius 1 is 1.00 bits per heavy atom. The summed E-state index contributed by atoms with van der Waals surface area (Å²) in [5, 5.41) is 13.1. The molecule has 0 amide bonds. The second-order valence-corrected chi connectivity index (χ2v) is 8.32. The molecule has 0 saturated carbocycles. The SMILES string of the molecule is C=C[C@@H](C)[C@@H](CO)NCc1c(OC)cc(OCc2cccc(-c3ccccc3)c2C)cc1OC. The van der Waals surface area contributed by atoms with Crippen LogP contribution in [-0.2, 0) is 13.2 Å². The summed E-state index contributed by atoms with van der Waals surface area (Å²) in [7, 11) is 3.26. The normalized spacial score (nSPS) is 12.6. The van der Waals surface area contributed by atoms with E-state index in [2.05, 4.69) is 49.2 Å². The molecule has 0 heterocycles. The molecule has 0 aromatic heterocycles. The predicted octanol–water partition coefficient (Wildman–Crippen LogP) is 5.53. The standard InChI is InChI=1S/C29H35NO4/c1-6-20(2)27(18-31)30-17-26-28(32-4)15-24(16-29(26)33-5)34-19-23-13-10-14-25(21(23)3)22-11-8-7-9-12-22/h6-16,20,27,30-31H,1,17-19H2,2-5H3/t20-,27-/m1/s1. The predicted molar refractivity (Wildman–Crippen MR) is 138 cm³/mol. The van der Waals surface area contributed by atoms with Crippen LogP contribution in [0, 0.1) is 12.8 Å². The van der Waals surface area contributed by atoms with Crippen molar-refractivity contribution in [2.75, 3.05) is 20.8 Å². The number of rotatable bonds is 12. The van der Waals surface area contributed by atoms with Gasteiger partial charge in [0.05, 0.1) is 26.4 Å². The zero-order valence-corrected chi connectivity index (χ0v) is 20.5. The van der Waals surface area contributed by atoms with Crippen molar-refractivity contribution in [2.45, 2.75) is 33.0 Å². The highest BCUT2D eigenvalue weighted by Crippen LogP contribution is 2.35. The molecular formula is C29H35NO4. The van der Waals surface area contributed by atoms with Gasteiger partial charge in [0.2, 0.25) is 0 Å². The number of hydrogen-bond donors (Lipinski definition) is 2. The lowest BCUT2D eigenvalue weighted by atomic mass is 9.97. The first-order chi connectivity index (χ1) is 16.5. The maximum atomic E-state index is 9.70. The molecule has 3 rings (SSSR count). The molecule has 0 spiro atoms. The third-order valence-corrected chi connectivity index (χ3v) is 6.25. The van der Waals surface area contributed by atoms with Crippen LogP contribution in [0.3, 0.4) is 0 Å². The zero-order valence-electron chi connectivity index (χ0n) is 20.5. The summed E-state index contributed by atoms with van der Waals surface area (Å²) in [4.78, 5) is 0. The molecule has 3 aromatic rings. The summed E-state index contributed by atoms with van der Waals surface area (Å²) < 4.78 is 17.5. The van der Waals surface area contributed by atoms with Gasteiger partial charge in [0, 0.05) is 24.7 Å². The van der Waals surface area contributed by atoms with Gasteiger partial charge >= 0.3 is 0 Å². The van der Waals surface area contributed by atoms with Gasteiger partial charge in [0.25, 0.3) is 0 Å². The number of ether oxygens (including phenoxy) is 3. The quantitative estimate of drug-likeness (QED) is 0.347. The fourth-order valence-corrected chi connectivity index (χ4v) is 3.96. The summed E-state index contributed by atoms with van der Waals surface area (Å²) in [5.41, 5.74) is 5.57. The second-order valence-electron chi connectivity index (χ2n) is 8.32. The Labute approximate surface area is 203 Å². The molecule has 0 unspecified atom stereocenters. The van der Waals surface area contributed by atoms with Crippen LogP contribution in [0.15, 0.2) is 73.3 Å². The molecule has 0 bridgehead atoms. The van der Waals surface area contributed by atoms with E-state index in [1.54, 1.807) is 14.2 Å². The lowest BCUT2D eigenvalue weighted by Gasteiger charge is -2.22. The number of hydrogen-bond acceptors (Lipinski definition) is 5. The number of aliphatic hydroxyl groups is 1. The van der Waals surface area contributed by atoms with E-state index < -0.39 is 0 Å². The van der Waals surface area contributed by atoms with E-state index >= 15 is 0 Å². The highest BCUT2D eigenvalue weighted by Gasteiger charge is 2.18. The van der Waals surface area contributed by atoms with Gasteiger partial charge in [-0.1, -0.05) is 61.5 Å². The van der Waals surface area contributed by atoms with Crippen LogP contribution in [0.1, 0.15) is 23.6 Å². The molecule has 0 fully saturated rings. The van der Waals surface area contributed by atoms with Crippen molar-refractivity contribution >= 4 is 0 Å². The van der Waals surface area contributed by atoms with Crippen molar-refractivity contribution in [1.29, 1.82) is 0 Å². The molecule has 0 radical (unpaired) electrons. The Hall–Kier alpha value is -3.28. The van der Waals surface area contributed by atoms with Gasteiger partial charge in [-0.2, -0.15) is 0 Å². The topological polar surface area (TPSA) is 60.0 Å². The van der Waals surface area contributed by atoms with E-state index in [0.717, 1.165) is 11.1 Å². The summed E-state index contributed by atoms with van der Waals surface area (Å²) in [6, 6.07) is 20.3. The highest BCUT2D eigenvalue weighted by molar-refractivity contribution is 5.68. The van der Waals surface area contributed by atoms with E-state index in [1.807, 2.05) is 43.3 Å². The lowest BCUT2D eigenvalue weighted by molar-refractivity contribution is 0.217. The summed E-state index contributed by atoms with van der Waals surface area (Å²) in [5.74, 6) is 2.12. The average molecular weight is 462 g/mol. The Morgan fingerprint density at radius 2 is 1.68 bits per heavy atom. The van der Waals surface area contributed by atoms with Crippen molar-refractivity contribution in [2.24, 2.45) is 5.92 Å². The van der Waals surface area contributed by atoms with Gasteiger partial charge in [0.1, 0.15) is 23.9 Å². The van der Waals surface area contributed by atoms with Crippen LogP contribution in [-0.4, -0.2) is 32.0 Å². The summed E-state index contributed by atoms with van der Waals surface area (Å²) >= 11 is 0. The number of nitrogens with one attached hydrogen (secondary N) is 1. The molecule has 0 aliphatic carbocycles. The molecule has 34 heavy (non-hydrogen) atoms. The van der Waals surface area contributed by atoms with Crippen LogP contribution in [0.25, 0.3) is 11.1 Å². The smallest absolute Gasteiger partial charge is 0.130 e. The Balaban J connectivity index is 1.79. The minimum Gasteiger partial charge on any atom is -0.496 e. The molecule has 2 N–H and O–H groups in total. The molecule has 0 aliphatic rings. The van der Waals surface area contributed by atoms with Crippen LogP contribution in [0.2, 0.25) is 0 Å². The van der Waals surface area contributed by atoms with E-state index in [4.69, 9.17) is 14.2 Å². The van der Waals surface area contributed by atoms with Gasteiger partial charge < -0.3 is 24.6 Å². The molecule has 0 saturated heterocycles. The minimum absolute atomic E-state index is 0.0143.